The molecule has 0 spiro atoms. The summed E-state index contributed by atoms with van der Waals surface area (Å²) >= 11 is 0. The van der Waals surface area contributed by atoms with Crippen LogP contribution in [0.5, 0.6) is 5.75 Å². The Morgan fingerprint density at radius 2 is 1.79 bits per heavy atom. The van der Waals surface area contributed by atoms with Gasteiger partial charge in [-0.25, -0.2) is 0 Å². The van der Waals surface area contributed by atoms with Crippen LogP contribution in [0.4, 0.5) is 0 Å². The first-order valence-electron chi connectivity index (χ1n) is 6.70. The quantitative estimate of drug-likeness (QED) is 0.803. The fourth-order valence-corrected chi connectivity index (χ4v) is 2.19. The third-order valence-corrected chi connectivity index (χ3v) is 3.38. The van der Waals surface area contributed by atoms with E-state index in [9.17, 15) is 5.11 Å². The summed E-state index contributed by atoms with van der Waals surface area (Å²) in [7, 11) is 0. The van der Waals surface area contributed by atoms with Crippen LogP contribution in [-0.2, 0) is 13.0 Å². The Balaban J connectivity index is 1.84. The van der Waals surface area contributed by atoms with Crippen molar-refractivity contribution in [1.82, 2.24) is 5.32 Å². The summed E-state index contributed by atoms with van der Waals surface area (Å²) in [5.41, 5.74) is 4.85. The SMILES string of the molecule is Cc1ccc(O)c(CNCCc2ccccc2C)c1. The zero-order valence-electron chi connectivity index (χ0n) is 11.6. The van der Waals surface area contributed by atoms with Crippen LogP contribution >= 0.6 is 0 Å². The molecule has 2 aromatic rings. The molecule has 0 radical (unpaired) electrons. The van der Waals surface area contributed by atoms with Crippen LogP contribution in [0.2, 0.25) is 0 Å². The zero-order valence-corrected chi connectivity index (χ0v) is 11.6. The summed E-state index contributed by atoms with van der Waals surface area (Å²) in [6.07, 6.45) is 1.01. The van der Waals surface area contributed by atoms with Crippen molar-refractivity contribution in [2.45, 2.75) is 26.8 Å². The largest absolute Gasteiger partial charge is 0.508 e. The maximum atomic E-state index is 9.76. The van der Waals surface area contributed by atoms with E-state index in [1.54, 1.807) is 6.07 Å². The number of aromatic hydroxyl groups is 1. The minimum Gasteiger partial charge on any atom is -0.508 e. The first-order chi connectivity index (χ1) is 9.16. The molecule has 0 aliphatic heterocycles. The molecule has 2 N–H and O–H groups in total. The van der Waals surface area contributed by atoms with E-state index in [2.05, 4.69) is 36.5 Å². The average molecular weight is 255 g/mol. The van der Waals surface area contributed by atoms with E-state index < -0.39 is 0 Å². The number of hydrogen-bond acceptors (Lipinski definition) is 2. The second kappa shape index (κ2) is 6.39. The summed E-state index contributed by atoms with van der Waals surface area (Å²) < 4.78 is 0. The van der Waals surface area contributed by atoms with Gasteiger partial charge < -0.3 is 10.4 Å². The maximum Gasteiger partial charge on any atom is 0.120 e. The molecule has 0 aliphatic rings. The van der Waals surface area contributed by atoms with Gasteiger partial charge in [-0.1, -0.05) is 42.0 Å². The summed E-state index contributed by atoms with van der Waals surface area (Å²) in [5.74, 6) is 0.369. The third-order valence-electron chi connectivity index (χ3n) is 3.38. The zero-order chi connectivity index (χ0) is 13.7. The van der Waals surface area contributed by atoms with Gasteiger partial charge in [0.05, 0.1) is 0 Å². The lowest BCUT2D eigenvalue weighted by molar-refractivity contribution is 0.464. The fourth-order valence-electron chi connectivity index (χ4n) is 2.19. The summed E-state index contributed by atoms with van der Waals surface area (Å²) in [4.78, 5) is 0. The van der Waals surface area contributed by atoms with Crippen molar-refractivity contribution in [3.63, 3.8) is 0 Å². The van der Waals surface area contributed by atoms with Crippen LogP contribution < -0.4 is 5.32 Å². The minimum atomic E-state index is 0.369. The summed E-state index contributed by atoms with van der Waals surface area (Å²) in [6, 6.07) is 14.2. The van der Waals surface area contributed by atoms with Crippen LogP contribution in [0.25, 0.3) is 0 Å². The highest BCUT2D eigenvalue weighted by molar-refractivity contribution is 5.35. The smallest absolute Gasteiger partial charge is 0.120 e. The molecule has 0 saturated heterocycles. The molecule has 2 aromatic carbocycles. The lowest BCUT2D eigenvalue weighted by Crippen LogP contribution is -2.17. The molecule has 0 unspecified atom stereocenters. The predicted octanol–water partition coefficient (Wildman–Crippen LogP) is 3.34. The van der Waals surface area contributed by atoms with E-state index in [0.717, 1.165) is 18.5 Å². The standard InChI is InChI=1S/C17H21NO/c1-13-7-8-17(19)16(11-13)12-18-10-9-15-6-4-3-5-14(15)2/h3-8,11,18-19H,9-10,12H2,1-2H3. The Hall–Kier alpha value is -1.80. The van der Waals surface area contributed by atoms with Gasteiger partial charge in [0, 0.05) is 12.1 Å². The Kier molecular flexibility index (Phi) is 4.58. The fraction of sp³-hybridized carbons (Fsp3) is 0.294. The first-order valence-corrected chi connectivity index (χ1v) is 6.70. The van der Waals surface area contributed by atoms with E-state index >= 15 is 0 Å². The second-order valence-corrected chi connectivity index (χ2v) is 4.99. The summed E-state index contributed by atoms with van der Waals surface area (Å²) in [5, 5.41) is 13.1. The Morgan fingerprint density at radius 3 is 2.58 bits per heavy atom. The normalized spacial score (nSPS) is 10.6. The van der Waals surface area contributed by atoms with Crippen LogP contribution in [0.15, 0.2) is 42.5 Å². The van der Waals surface area contributed by atoms with Gasteiger partial charge in [0.15, 0.2) is 0 Å². The van der Waals surface area contributed by atoms with E-state index in [1.165, 1.54) is 16.7 Å². The maximum absolute atomic E-state index is 9.76. The minimum absolute atomic E-state index is 0.369. The molecule has 0 bridgehead atoms. The molecule has 0 aromatic heterocycles. The van der Waals surface area contributed by atoms with E-state index in [-0.39, 0.29) is 0 Å². The van der Waals surface area contributed by atoms with Gasteiger partial charge in [-0.05, 0) is 44.0 Å². The van der Waals surface area contributed by atoms with Gasteiger partial charge in [-0.15, -0.1) is 0 Å². The highest BCUT2D eigenvalue weighted by atomic mass is 16.3. The van der Waals surface area contributed by atoms with E-state index in [1.807, 2.05) is 19.1 Å². The van der Waals surface area contributed by atoms with Gasteiger partial charge in [0.25, 0.3) is 0 Å². The predicted molar refractivity (Wildman–Crippen MR) is 79.4 cm³/mol. The lowest BCUT2D eigenvalue weighted by Gasteiger charge is -2.09. The Labute approximate surface area is 115 Å². The van der Waals surface area contributed by atoms with Gasteiger partial charge in [0.2, 0.25) is 0 Å². The lowest BCUT2D eigenvalue weighted by atomic mass is 10.1. The average Bonchev–Trinajstić information content (AvgIpc) is 2.40. The highest BCUT2D eigenvalue weighted by Gasteiger charge is 2.01. The molecule has 2 rings (SSSR count). The first kappa shape index (κ1) is 13.6. The van der Waals surface area contributed by atoms with Crippen molar-refractivity contribution in [2.75, 3.05) is 6.54 Å². The molecule has 2 heteroatoms. The van der Waals surface area contributed by atoms with E-state index in [0.29, 0.717) is 12.3 Å². The van der Waals surface area contributed by atoms with Crippen molar-refractivity contribution in [3.8, 4) is 5.75 Å². The number of benzene rings is 2. The van der Waals surface area contributed by atoms with Crippen molar-refractivity contribution >= 4 is 0 Å². The van der Waals surface area contributed by atoms with Crippen LogP contribution in [0.1, 0.15) is 22.3 Å². The number of phenolic OH excluding ortho intramolecular Hbond substituents is 1. The summed E-state index contributed by atoms with van der Waals surface area (Å²) in [6.45, 7) is 5.80. The highest BCUT2D eigenvalue weighted by Crippen LogP contribution is 2.17. The van der Waals surface area contributed by atoms with Gasteiger partial charge in [-0.2, -0.15) is 0 Å². The van der Waals surface area contributed by atoms with Crippen molar-refractivity contribution < 1.29 is 5.11 Å². The van der Waals surface area contributed by atoms with Crippen LogP contribution in [-0.4, -0.2) is 11.7 Å². The molecule has 2 nitrogen and oxygen atoms in total. The number of phenols is 1. The van der Waals surface area contributed by atoms with Crippen LogP contribution in [0.3, 0.4) is 0 Å². The van der Waals surface area contributed by atoms with Crippen molar-refractivity contribution in [3.05, 3.63) is 64.7 Å². The number of nitrogens with one attached hydrogen (secondary N) is 1. The molecule has 0 atom stereocenters. The Bertz CT molecular complexity index is 549. The monoisotopic (exact) mass is 255 g/mol. The number of rotatable bonds is 5. The number of aryl methyl sites for hydroxylation is 2. The molecular weight excluding hydrogens is 234 g/mol. The Morgan fingerprint density at radius 1 is 1.00 bits per heavy atom. The second-order valence-electron chi connectivity index (χ2n) is 4.99. The van der Waals surface area contributed by atoms with Crippen LogP contribution in [0, 0.1) is 13.8 Å². The van der Waals surface area contributed by atoms with Crippen molar-refractivity contribution in [1.29, 1.82) is 0 Å². The number of hydrogen-bond donors (Lipinski definition) is 2. The van der Waals surface area contributed by atoms with E-state index in [4.69, 9.17) is 0 Å². The molecule has 100 valence electrons. The molecule has 0 fully saturated rings. The van der Waals surface area contributed by atoms with Gasteiger partial charge in [0.1, 0.15) is 5.75 Å². The molecule has 19 heavy (non-hydrogen) atoms. The molecule has 0 heterocycles. The molecule has 0 aliphatic carbocycles. The third kappa shape index (κ3) is 3.83. The molecule has 0 saturated carbocycles. The topological polar surface area (TPSA) is 32.3 Å². The molecular formula is C17H21NO. The van der Waals surface area contributed by atoms with Crippen molar-refractivity contribution in [2.24, 2.45) is 0 Å². The molecule has 0 amide bonds. The van der Waals surface area contributed by atoms with Gasteiger partial charge >= 0.3 is 0 Å². The van der Waals surface area contributed by atoms with Gasteiger partial charge in [-0.3, -0.25) is 0 Å².